The smallest absolute Gasteiger partial charge is 0.305 e. The van der Waals surface area contributed by atoms with Crippen LogP contribution >= 0.6 is 0 Å². The molecule has 0 saturated heterocycles. The van der Waals surface area contributed by atoms with Crippen molar-refractivity contribution in [3.05, 3.63) is 0 Å². The predicted octanol–water partition coefficient (Wildman–Crippen LogP) is 4.22. The van der Waals surface area contributed by atoms with E-state index in [1.165, 1.54) is 0 Å². The van der Waals surface area contributed by atoms with Crippen LogP contribution in [0, 0.1) is 0 Å². The number of carbonyl (C=O) groups excluding carboxylic acids is 1. The third kappa shape index (κ3) is 13.7. The monoisotopic (exact) mass is 272 g/mol. The first-order valence-electron chi connectivity index (χ1n) is 8.04. The molecule has 0 spiro atoms. The van der Waals surface area contributed by atoms with Crippen molar-refractivity contribution in [3.8, 4) is 0 Å². The Morgan fingerprint density at radius 2 is 1.68 bits per heavy atom. The van der Waals surface area contributed by atoms with Gasteiger partial charge in [0.15, 0.2) is 0 Å². The minimum absolute atomic E-state index is 0.0440. The molecule has 0 radical (unpaired) electrons. The lowest BCUT2D eigenvalue weighted by molar-refractivity contribution is -0.143. The van der Waals surface area contributed by atoms with Crippen LogP contribution in [0.4, 0.5) is 0 Å². The SMILES string of the molecule is CCCCCOC(=O)CCCCCCCC(O)CC. The molecule has 0 saturated carbocycles. The van der Waals surface area contributed by atoms with Crippen molar-refractivity contribution >= 4 is 5.97 Å². The van der Waals surface area contributed by atoms with Crippen LogP contribution in [0.15, 0.2) is 0 Å². The first kappa shape index (κ1) is 18.4. The molecule has 0 aliphatic rings. The van der Waals surface area contributed by atoms with Crippen molar-refractivity contribution in [3.63, 3.8) is 0 Å². The van der Waals surface area contributed by atoms with Crippen LogP contribution < -0.4 is 0 Å². The molecule has 0 aromatic rings. The fraction of sp³-hybridized carbons (Fsp3) is 0.938. The highest BCUT2D eigenvalue weighted by atomic mass is 16.5. The van der Waals surface area contributed by atoms with E-state index in [1.54, 1.807) is 0 Å². The summed E-state index contributed by atoms with van der Waals surface area (Å²) in [6, 6.07) is 0. The van der Waals surface area contributed by atoms with Crippen molar-refractivity contribution < 1.29 is 14.6 Å². The van der Waals surface area contributed by atoms with Gasteiger partial charge in [-0.1, -0.05) is 52.4 Å². The fourth-order valence-corrected chi connectivity index (χ4v) is 1.99. The molecule has 0 aromatic heterocycles. The Kier molecular flexibility index (Phi) is 13.4. The molecule has 0 aliphatic heterocycles. The van der Waals surface area contributed by atoms with Gasteiger partial charge >= 0.3 is 5.97 Å². The van der Waals surface area contributed by atoms with E-state index in [-0.39, 0.29) is 12.1 Å². The van der Waals surface area contributed by atoms with Gasteiger partial charge in [0.1, 0.15) is 0 Å². The van der Waals surface area contributed by atoms with E-state index in [0.717, 1.165) is 64.2 Å². The largest absolute Gasteiger partial charge is 0.466 e. The summed E-state index contributed by atoms with van der Waals surface area (Å²) in [6.07, 6.45) is 10.9. The zero-order chi connectivity index (χ0) is 14.3. The van der Waals surface area contributed by atoms with Crippen LogP contribution in [0.25, 0.3) is 0 Å². The van der Waals surface area contributed by atoms with E-state index in [1.807, 2.05) is 6.92 Å². The third-order valence-electron chi connectivity index (χ3n) is 3.40. The maximum absolute atomic E-state index is 11.4. The number of hydrogen-bond acceptors (Lipinski definition) is 3. The third-order valence-corrected chi connectivity index (χ3v) is 3.40. The molecule has 1 atom stereocenters. The minimum Gasteiger partial charge on any atom is -0.466 e. The summed E-state index contributed by atoms with van der Waals surface area (Å²) in [5, 5.41) is 9.39. The Morgan fingerprint density at radius 1 is 1.00 bits per heavy atom. The van der Waals surface area contributed by atoms with Gasteiger partial charge in [0.2, 0.25) is 0 Å². The minimum atomic E-state index is -0.127. The molecule has 3 heteroatoms. The Balaban J connectivity index is 3.18. The lowest BCUT2D eigenvalue weighted by Gasteiger charge is -2.07. The van der Waals surface area contributed by atoms with Crippen molar-refractivity contribution in [2.45, 2.75) is 90.6 Å². The first-order valence-corrected chi connectivity index (χ1v) is 8.04. The molecule has 1 N–H and O–H groups in total. The second-order valence-corrected chi connectivity index (χ2v) is 5.30. The summed E-state index contributed by atoms with van der Waals surface area (Å²) >= 11 is 0. The zero-order valence-corrected chi connectivity index (χ0v) is 12.8. The molecule has 0 aromatic carbocycles. The second kappa shape index (κ2) is 13.9. The molecule has 114 valence electrons. The fourth-order valence-electron chi connectivity index (χ4n) is 1.99. The van der Waals surface area contributed by atoms with Gasteiger partial charge in [-0.25, -0.2) is 0 Å². The van der Waals surface area contributed by atoms with Gasteiger partial charge in [-0.05, 0) is 25.7 Å². The number of ether oxygens (including phenoxy) is 1. The Hall–Kier alpha value is -0.570. The zero-order valence-electron chi connectivity index (χ0n) is 12.8. The van der Waals surface area contributed by atoms with Crippen molar-refractivity contribution in [2.75, 3.05) is 6.61 Å². The summed E-state index contributed by atoms with van der Waals surface area (Å²) < 4.78 is 5.15. The number of hydrogen-bond donors (Lipinski definition) is 1. The maximum atomic E-state index is 11.4. The van der Waals surface area contributed by atoms with Crippen LogP contribution in [0.3, 0.4) is 0 Å². The van der Waals surface area contributed by atoms with Crippen molar-refractivity contribution in [1.29, 1.82) is 0 Å². The molecule has 0 amide bonds. The van der Waals surface area contributed by atoms with E-state index >= 15 is 0 Å². The van der Waals surface area contributed by atoms with Crippen molar-refractivity contribution in [2.24, 2.45) is 0 Å². The lowest BCUT2D eigenvalue weighted by atomic mass is 10.1. The summed E-state index contributed by atoms with van der Waals surface area (Å²) in [5.74, 6) is -0.0440. The van der Waals surface area contributed by atoms with Gasteiger partial charge in [-0.2, -0.15) is 0 Å². The molecule has 0 bridgehead atoms. The molecule has 19 heavy (non-hydrogen) atoms. The number of esters is 1. The van der Waals surface area contributed by atoms with E-state index < -0.39 is 0 Å². The highest BCUT2D eigenvalue weighted by Gasteiger charge is 2.03. The van der Waals surface area contributed by atoms with E-state index in [4.69, 9.17) is 4.74 Å². The van der Waals surface area contributed by atoms with Crippen LogP contribution in [-0.2, 0) is 9.53 Å². The molecule has 0 rings (SSSR count). The van der Waals surface area contributed by atoms with E-state index in [9.17, 15) is 9.90 Å². The predicted molar refractivity (Wildman–Crippen MR) is 79.1 cm³/mol. The van der Waals surface area contributed by atoms with Gasteiger partial charge in [-0.3, -0.25) is 4.79 Å². The highest BCUT2D eigenvalue weighted by molar-refractivity contribution is 5.69. The van der Waals surface area contributed by atoms with Gasteiger partial charge in [-0.15, -0.1) is 0 Å². The standard InChI is InChI=1S/C16H32O3/c1-3-5-11-14-19-16(18)13-10-8-6-7-9-12-15(17)4-2/h15,17H,3-14H2,1-2H3. The summed E-state index contributed by atoms with van der Waals surface area (Å²) in [4.78, 5) is 11.4. The Bertz CT molecular complexity index is 204. The van der Waals surface area contributed by atoms with E-state index in [0.29, 0.717) is 13.0 Å². The van der Waals surface area contributed by atoms with Crippen LogP contribution in [0.5, 0.6) is 0 Å². The maximum Gasteiger partial charge on any atom is 0.305 e. The molecule has 0 fully saturated rings. The lowest BCUT2D eigenvalue weighted by Crippen LogP contribution is -2.05. The van der Waals surface area contributed by atoms with E-state index in [2.05, 4.69) is 6.92 Å². The second-order valence-electron chi connectivity index (χ2n) is 5.30. The molecular formula is C16H32O3. The molecule has 0 aliphatic carbocycles. The molecular weight excluding hydrogens is 240 g/mol. The summed E-state index contributed by atoms with van der Waals surface area (Å²) in [5.41, 5.74) is 0. The Labute approximate surface area is 118 Å². The van der Waals surface area contributed by atoms with Crippen LogP contribution in [0.2, 0.25) is 0 Å². The van der Waals surface area contributed by atoms with Crippen molar-refractivity contribution in [1.82, 2.24) is 0 Å². The summed E-state index contributed by atoms with van der Waals surface area (Å²) in [6.45, 7) is 4.74. The average molecular weight is 272 g/mol. The van der Waals surface area contributed by atoms with Gasteiger partial charge < -0.3 is 9.84 Å². The number of aliphatic hydroxyl groups excluding tert-OH is 1. The highest BCUT2D eigenvalue weighted by Crippen LogP contribution is 2.10. The number of unbranched alkanes of at least 4 members (excludes halogenated alkanes) is 6. The Morgan fingerprint density at radius 3 is 2.37 bits per heavy atom. The van der Waals surface area contributed by atoms with Gasteiger partial charge in [0.25, 0.3) is 0 Å². The average Bonchev–Trinajstić information content (AvgIpc) is 2.42. The normalized spacial score (nSPS) is 12.4. The first-order chi connectivity index (χ1) is 9.20. The summed E-state index contributed by atoms with van der Waals surface area (Å²) in [7, 11) is 0. The number of rotatable bonds is 13. The van der Waals surface area contributed by atoms with Gasteiger partial charge in [0, 0.05) is 6.42 Å². The topological polar surface area (TPSA) is 46.5 Å². The molecule has 0 heterocycles. The van der Waals surface area contributed by atoms with Gasteiger partial charge in [0.05, 0.1) is 12.7 Å². The molecule has 1 unspecified atom stereocenters. The van der Waals surface area contributed by atoms with Crippen LogP contribution in [0.1, 0.15) is 84.5 Å². The van der Waals surface area contributed by atoms with Crippen LogP contribution in [-0.4, -0.2) is 23.8 Å². The number of carbonyl (C=O) groups is 1. The quantitative estimate of drug-likeness (QED) is 0.403. The molecule has 3 nitrogen and oxygen atoms in total. The number of aliphatic hydroxyl groups is 1.